The maximum Gasteiger partial charge on any atom is 0.251 e. The largest absolute Gasteiger partial charge is 0.352 e. The number of aryl methyl sites for hydroxylation is 1. The number of hydrogen-bond donors (Lipinski definition) is 1. The van der Waals surface area contributed by atoms with Gasteiger partial charge < -0.3 is 9.88 Å². The minimum Gasteiger partial charge on any atom is -0.352 e. The fraction of sp³-hybridized carbons (Fsp3) is 0.389. The van der Waals surface area contributed by atoms with Crippen LogP contribution in [-0.2, 0) is 6.42 Å². The third-order valence-corrected chi connectivity index (χ3v) is 4.50. The molecule has 116 valence electrons. The van der Waals surface area contributed by atoms with E-state index in [1.54, 1.807) is 24.3 Å². The number of carbonyl (C=O) groups excluding carboxylic acids is 1. The van der Waals surface area contributed by atoms with Crippen LogP contribution in [0.25, 0.3) is 0 Å². The van der Waals surface area contributed by atoms with Gasteiger partial charge in [0, 0.05) is 34.6 Å². The first-order chi connectivity index (χ1) is 10.6. The molecule has 0 atom stereocenters. The molecule has 1 aromatic carbocycles. The van der Waals surface area contributed by atoms with Crippen molar-refractivity contribution in [3.63, 3.8) is 0 Å². The molecule has 2 aromatic rings. The molecule has 1 saturated carbocycles. The molecule has 1 aromatic heterocycles. The summed E-state index contributed by atoms with van der Waals surface area (Å²) in [5, 5.41) is 3.55. The Morgan fingerprint density at radius 3 is 2.77 bits per heavy atom. The first kappa shape index (κ1) is 15.2. The number of benzene rings is 1. The molecule has 0 aliphatic heterocycles. The van der Waals surface area contributed by atoms with Gasteiger partial charge in [0.2, 0.25) is 0 Å². The maximum absolute atomic E-state index is 12.1. The smallest absolute Gasteiger partial charge is 0.251 e. The molecule has 1 amide bonds. The van der Waals surface area contributed by atoms with Gasteiger partial charge in [0.05, 0.1) is 0 Å². The molecule has 3 rings (SSSR count). The fourth-order valence-corrected chi connectivity index (χ4v) is 3.23. The van der Waals surface area contributed by atoms with Gasteiger partial charge in [0.15, 0.2) is 0 Å². The van der Waals surface area contributed by atoms with Crippen molar-refractivity contribution in [3.05, 3.63) is 57.9 Å². The molecule has 1 N–H and O–H groups in total. The van der Waals surface area contributed by atoms with Crippen molar-refractivity contribution < 1.29 is 4.79 Å². The highest BCUT2D eigenvalue weighted by Gasteiger charge is 2.26. The molecule has 1 heterocycles. The van der Waals surface area contributed by atoms with Crippen molar-refractivity contribution in [2.45, 2.75) is 39.2 Å². The van der Waals surface area contributed by atoms with Crippen LogP contribution in [0.3, 0.4) is 0 Å². The van der Waals surface area contributed by atoms with Crippen molar-refractivity contribution in [3.8, 4) is 0 Å². The summed E-state index contributed by atoms with van der Waals surface area (Å²) in [5.74, 6) is -0.0708. The van der Waals surface area contributed by atoms with Crippen LogP contribution in [-0.4, -0.2) is 17.0 Å². The molecule has 0 bridgehead atoms. The molecule has 0 saturated heterocycles. The second-order valence-corrected chi connectivity index (χ2v) is 6.45. The zero-order valence-electron chi connectivity index (χ0n) is 13.0. The maximum atomic E-state index is 12.1. The fourth-order valence-electron chi connectivity index (χ4n) is 3.04. The van der Waals surface area contributed by atoms with Crippen molar-refractivity contribution in [2.75, 3.05) is 6.54 Å². The van der Waals surface area contributed by atoms with Gasteiger partial charge in [-0.05, 0) is 62.9 Å². The van der Waals surface area contributed by atoms with Crippen molar-refractivity contribution in [1.29, 1.82) is 0 Å². The zero-order valence-corrected chi connectivity index (χ0v) is 13.8. The molecule has 0 radical (unpaired) electrons. The predicted octanol–water partition coefficient (Wildman–Crippen LogP) is 4.07. The lowest BCUT2D eigenvalue weighted by molar-refractivity contribution is 0.0954. The molecule has 3 nitrogen and oxygen atoms in total. The zero-order chi connectivity index (χ0) is 15.7. The topological polar surface area (TPSA) is 34.0 Å². The normalized spacial score (nSPS) is 14.1. The summed E-state index contributed by atoms with van der Waals surface area (Å²) in [6.45, 7) is 4.99. The molecule has 1 aliphatic carbocycles. The number of nitrogens with one attached hydrogen (secondary N) is 1. The average Bonchev–Trinajstić information content (AvgIpc) is 3.26. The Hall–Kier alpha value is -1.74. The molecule has 0 spiro atoms. The number of carbonyl (C=O) groups is 1. The van der Waals surface area contributed by atoms with E-state index in [-0.39, 0.29) is 5.91 Å². The summed E-state index contributed by atoms with van der Waals surface area (Å²) in [6.07, 6.45) is 3.45. The Morgan fingerprint density at radius 2 is 2.09 bits per heavy atom. The van der Waals surface area contributed by atoms with Gasteiger partial charge in [0.25, 0.3) is 5.91 Å². The number of halogens is 1. The number of nitrogens with zero attached hydrogens (tertiary/aromatic N) is 1. The minimum absolute atomic E-state index is 0.0708. The lowest BCUT2D eigenvalue weighted by atomic mass is 10.1. The standard InChI is InChI=1S/C18H21ClN2O/c1-12-10-14(13(2)21(12)17-6-7-17)8-9-20-18(22)15-4-3-5-16(19)11-15/h3-5,10-11,17H,6-9H2,1-2H3,(H,20,22). The summed E-state index contributed by atoms with van der Waals surface area (Å²) >= 11 is 5.91. The van der Waals surface area contributed by atoms with Crippen LogP contribution in [0.4, 0.5) is 0 Å². The lowest BCUT2D eigenvalue weighted by Crippen LogP contribution is -2.25. The monoisotopic (exact) mass is 316 g/mol. The second-order valence-electron chi connectivity index (χ2n) is 6.01. The van der Waals surface area contributed by atoms with Crippen molar-refractivity contribution in [2.24, 2.45) is 0 Å². The Labute approximate surface area is 136 Å². The van der Waals surface area contributed by atoms with Crippen molar-refractivity contribution >= 4 is 17.5 Å². The van der Waals surface area contributed by atoms with Crippen LogP contribution < -0.4 is 5.32 Å². The van der Waals surface area contributed by atoms with E-state index in [4.69, 9.17) is 11.6 Å². The summed E-state index contributed by atoms with van der Waals surface area (Å²) in [5.41, 5.74) is 4.61. The quantitative estimate of drug-likeness (QED) is 0.886. The first-order valence-electron chi connectivity index (χ1n) is 7.77. The molecule has 4 heteroatoms. The number of rotatable bonds is 5. The SMILES string of the molecule is Cc1cc(CCNC(=O)c2cccc(Cl)c2)c(C)n1C1CC1. The van der Waals surface area contributed by atoms with E-state index in [9.17, 15) is 4.79 Å². The van der Waals surface area contributed by atoms with E-state index in [1.807, 2.05) is 0 Å². The van der Waals surface area contributed by atoms with Crippen LogP contribution in [0, 0.1) is 13.8 Å². The third-order valence-electron chi connectivity index (χ3n) is 4.27. The highest BCUT2D eigenvalue weighted by atomic mass is 35.5. The Balaban J connectivity index is 1.59. The van der Waals surface area contributed by atoms with Crippen LogP contribution in [0.5, 0.6) is 0 Å². The van der Waals surface area contributed by atoms with Crippen LogP contribution >= 0.6 is 11.6 Å². The first-order valence-corrected chi connectivity index (χ1v) is 8.15. The number of aromatic nitrogens is 1. The molecular formula is C18H21ClN2O. The predicted molar refractivity (Wildman–Crippen MR) is 89.7 cm³/mol. The summed E-state index contributed by atoms with van der Waals surface area (Å²) in [6, 6.07) is 9.98. The van der Waals surface area contributed by atoms with E-state index in [0.29, 0.717) is 23.2 Å². The average molecular weight is 317 g/mol. The summed E-state index contributed by atoms with van der Waals surface area (Å²) in [4.78, 5) is 12.1. The van der Waals surface area contributed by atoms with Gasteiger partial charge in [0.1, 0.15) is 0 Å². The van der Waals surface area contributed by atoms with Gasteiger partial charge >= 0.3 is 0 Å². The number of amides is 1. The Kier molecular flexibility index (Phi) is 4.25. The molecule has 0 unspecified atom stereocenters. The van der Waals surface area contributed by atoms with Gasteiger partial charge in [-0.3, -0.25) is 4.79 Å². The second kappa shape index (κ2) is 6.17. The molecular weight excluding hydrogens is 296 g/mol. The highest BCUT2D eigenvalue weighted by Crippen LogP contribution is 2.38. The van der Waals surface area contributed by atoms with E-state index in [2.05, 4.69) is 29.8 Å². The van der Waals surface area contributed by atoms with Crippen LogP contribution in [0.15, 0.2) is 30.3 Å². The molecule has 1 aliphatic rings. The molecule has 22 heavy (non-hydrogen) atoms. The number of hydrogen-bond acceptors (Lipinski definition) is 1. The Morgan fingerprint density at radius 1 is 1.32 bits per heavy atom. The van der Waals surface area contributed by atoms with Gasteiger partial charge in [-0.15, -0.1) is 0 Å². The van der Waals surface area contributed by atoms with E-state index < -0.39 is 0 Å². The minimum atomic E-state index is -0.0708. The van der Waals surface area contributed by atoms with Crippen LogP contribution in [0.2, 0.25) is 5.02 Å². The van der Waals surface area contributed by atoms with Gasteiger partial charge in [-0.1, -0.05) is 17.7 Å². The van der Waals surface area contributed by atoms with Gasteiger partial charge in [-0.2, -0.15) is 0 Å². The third kappa shape index (κ3) is 3.20. The van der Waals surface area contributed by atoms with Crippen molar-refractivity contribution in [1.82, 2.24) is 9.88 Å². The highest BCUT2D eigenvalue weighted by molar-refractivity contribution is 6.30. The van der Waals surface area contributed by atoms with E-state index in [1.165, 1.54) is 29.8 Å². The van der Waals surface area contributed by atoms with Crippen LogP contribution in [0.1, 0.15) is 46.2 Å². The van der Waals surface area contributed by atoms with E-state index in [0.717, 1.165) is 6.42 Å². The van der Waals surface area contributed by atoms with E-state index >= 15 is 0 Å². The summed E-state index contributed by atoms with van der Waals surface area (Å²) < 4.78 is 2.44. The molecule has 1 fully saturated rings. The Bertz CT molecular complexity index is 701. The lowest BCUT2D eigenvalue weighted by Gasteiger charge is -2.08. The summed E-state index contributed by atoms with van der Waals surface area (Å²) in [7, 11) is 0. The van der Waals surface area contributed by atoms with Gasteiger partial charge in [-0.25, -0.2) is 0 Å².